The van der Waals surface area contributed by atoms with Crippen LogP contribution in [0, 0.1) is 28.6 Å². The molecule has 4 aliphatic carbocycles. The van der Waals surface area contributed by atoms with E-state index in [2.05, 4.69) is 6.92 Å². The molecule has 0 amide bonds. The predicted molar refractivity (Wildman–Crippen MR) is 122 cm³/mol. The summed E-state index contributed by atoms with van der Waals surface area (Å²) in [5, 5.41) is 33.6. The summed E-state index contributed by atoms with van der Waals surface area (Å²) in [6.07, 6.45) is 2.93. The second-order valence-corrected chi connectivity index (χ2v) is 11.1. The summed E-state index contributed by atoms with van der Waals surface area (Å²) in [4.78, 5) is 25.4. The number of ketones is 2. The fourth-order valence-corrected chi connectivity index (χ4v) is 7.92. The number of hydrogen-bond donors (Lipinski definition) is 3. The van der Waals surface area contributed by atoms with Crippen LogP contribution in [0.2, 0.25) is 0 Å². The number of fused-ring (bicyclic) bond motifs is 5. The van der Waals surface area contributed by atoms with Crippen molar-refractivity contribution < 1.29 is 39.1 Å². The van der Waals surface area contributed by atoms with E-state index in [0.717, 1.165) is 24.8 Å². The van der Waals surface area contributed by atoms with Crippen molar-refractivity contribution in [2.24, 2.45) is 28.6 Å². The van der Waals surface area contributed by atoms with E-state index in [9.17, 15) is 24.9 Å². The van der Waals surface area contributed by atoms with Gasteiger partial charge in [0.05, 0.1) is 19.3 Å². The van der Waals surface area contributed by atoms with Crippen LogP contribution in [0.25, 0.3) is 0 Å². The molecule has 0 aromatic heterocycles. The van der Waals surface area contributed by atoms with Gasteiger partial charge in [-0.25, -0.2) is 0 Å². The Hall–Kier alpha value is -1.16. The number of carbonyl (C=O) groups excluding carboxylic acids is 2. The van der Waals surface area contributed by atoms with Gasteiger partial charge in [0.1, 0.15) is 12.2 Å². The number of ether oxygens (including phenoxy) is 3. The van der Waals surface area contributed by atoms with Crippen LogP contribution < -0.4 is 0 Å². The molecule has 3 fully saturated rings. The number of allylic oxidation sites excluding steroid dienone is 1. The zero-order valence-electron chi connectivity index (χ0n) is 20.8. The monoisotopic (exact) mass is 480 g/mol. The summed E-state index contributed by atoms with van der Waals surface area (Å²) in [5.74, 6) is -0.125. The van der Waals surface area contributed by atoms with Gasteiger partial charge < -0.3 is 24.8 Å². The fraction of sp³-hybridized carbons (Fsp3) is 0.846. The molecule has 0 bridgehead atoms. The van der Waals surface area contributed by atoms with Crippen LogP contribution in [0.3, 0.4) is 0 Å². The highest BCUT2D eigenvalue weighted by Crippen LogP contribution is 2.67. The number of hydrogen-bond acceptors (Lipinski definition) is 8. The number of rotatable bonds is 8. The molecule has 8 nitrogen and oxygen atoms in total. The lowest BCUT2D eigenvalue weighted by Crippen LogP contribution is -2.62. The van der Waals surface area contributed by atoms with Gasteiger partial charge in [0.25, 0.3) is 0 Å². The Balaban J connectivity index is 1.56. The maximum absolute atomic E-state index is 13.4. The first-order chi connectivity index (χ1) is 15.9. The third kappa shape index (κ3) is 3.91. The van der Waals surface area contributed by atoms with Gasteiger partial charge in [0.15, 0.2) is 11.6 Å². The number of aliphatic hydroxyl groups excluding tert-OH is 1. The minimum absolute atomic E-state index is 0.00776. The molecule has 3 saturated carbocycles. The van der Waals surface area contributed by atoms with Crippen molar-refractivity contribution >= 4 is 11.6 Å². The molecule has 0 aromatic carbocycles. The SMILES string of the molecule is CCOC(O)(OCC)OCC(=O)[C@@]1(O)CC[C@H]2[C@@H]3CCC4=CC(=O)CC[C@]4(C)[C@H]3[C@@H](O)C[C@@]21C. The van der Waals surface area contributed by atoms with E-state index in [1.165, 1.54) is 0 Å². The van der Waals surface area contributed by atoms with Gasteiger partial charge in [0, 0.05) is 11.8 Å². The van der Waals surface area contributed by atoms with Gasteiger partial charge in [-0.2, -0.15) is 0 Å². The molecule has 0 radical (unpaired) electrons. The summed E-state index contributed by atoms with van der Waals surface area (Å²) >= 11 is 0. The van der Waals surface area contributed by atoms with Crippen molar-refractivity contribution in [3.63, 3.8) is 0 Å². The maximum Gasteiger partial charge on any atom is 0.410 e. The Bertz CT molecular complexity index is 848. The lowest BCUT2D eigenvalue weighted by atomic mass is 9.45. The highest BCUT2D eigenvalue weighted by Gasteiger charge is 2.68. The van der Waals surface area contributed by atoms with Crippen molar-refractivity contribution in [1.82, 2.24) is 0 Å². The quantitative estimate of drug-likeness (QED) is 0.453. The van der Waals surface area contributed by atoms with Crippen LogP contribution >= 0.6 is 0 Å². The minimum Gasteiger partial charge on any atom is -0.393 e. The Morgan fingerprint density at radius 2 is 1.79 bits per heavy atom. The third-order valence-corrected chi connectivity index (χ3v) is 9.55. The molecule has 0 saturated heterocycles. The maximum atomic E-state index is 13.4. The smallest absolute Gasteiger partial charge is 0.393 e. The summed E-state index contributed by atoms with van der Waals surface area (Å²) in [6, 6.07) is 0. The molecule has 34 heavy (non-hydrogen) atoms. The molecule has 3 N–H and O–H groups in total. The average molecular weight is 481 g/mol. The molecule has 0 spiro atoms. The molecule has 192 valence electrons. The summed E-state index contributed by atoms with van der Waals surface area (Å²) < 4.78 is 15.5. The fourth-order valence-electron chi connectivity index (χ4n) is 7.92. The zero-order valence-corrected chi connectivity index (χ0v) is 20.8. The molecule has 8 heteroatoms. The van der Waals surface area contributed by atoms with Crippen LogP contribution in [-0.4, -0.2) is 64.6 Å². The Labute approximate surface area is 201 Å². The van der Waals surface area contributed by atoms with Crippen molar-refractivity contribution in [3.8, 4) is 0 Å². The summed E-state index contributed by atoms with van der Waals surface area (Å²) in [7, 11) is 0. The highest BCUT2D eigenvalue weighted by molar-refractivity contribution is 5.92. The Morgan fingerprint density at radius 3 is 2.44 bits per heavy atom. The summed E-state index contributed by atoms with van der Waals surface area (Å²) in [6.45, 7) is 7.09. The molecule has 7 atom stereocenters. The highest BCUT2D eigenvalue weighted by atomic mass is 17.0. The number of carbonyl (C=O) groups is 2. The van der Waals surface area contributed by atoms with E-state index in [1.54, 1.807) is 19.9 Å². The van der Waals surface area contributed by atoms with Gasteiger partial charge in [-0.3, -0.25) is 14.3 Å². The topological polar surface area (TPSA) is 123 Å². The van der Waals surface area contributed by atoms with Crippen molar-refractivity contribution in [2.45, 2.75) is 90.5 Å². The van der Waals surface area contributed by atoms with Crippen LogP contribution in [-0.2, 0) is 23.8 Å². The number of aliphatic hydroxyl groups is 3. The van der Waals surface area contributed by atoms with Crippen molar-refractivity contribution in [1.29, 1.82) is 0 Å². The second-order valence-electron chi connectivity index (χ2n) is 11.1. The van der Waals surface area contributed by atoms with Gasteiger partial charge in [-0.05, 0) is 81.6 Å². The van der Waals surface area contributed by atoms with E-state index in [0.29, 0.717) is 19.3 Å². The van der Waals surface area contributed by atoms with Gasteiger partial charge in [0.2, 0.25) is 0 Å². The van der Waals surface area contributed by atoms with Crippen LogP contribution in [0.4, 0.5) is 0 Å². The molecule has 4 rings (SSSR count). The largest absolute Gasteiger partial charge is 0.410 e. The lowest BCUT2D eigenvalue weighted by molar-refractivity contribution is -0.481. The first-order valence-corrected chi connectivity index (χ1v) is 12.8. The number of Topliss-reactive ketones (excluding diaryl/α,β-unsaturated/α-hetero) is 1. The minimum atomic E-state index is -2.34. The van der Waals surface area contributed by atoms with Crippen LogP contribution in [0.5, 0.6) is 0 Å². The normalized spacial score (nSPS) is 42.0. The Morgan fingerprint density at radius 1 is 1.12 bits per heavy atom. The predicted octanol–water partition coefficient (Wildman–Crippen LogP) is 2.48. The first-order valence-electron chi connectivity index (χ1n) is 12.8. The van der Waals surface area contributed by atoms with E-state index < -0.39 is 35.7 Å². The van der Waals surface area contributed by atoms with Crippen molar-refractivity contribution in [3.05, 3.63) is 11.6 Å². The second kappa shape index (κ2) is 9.05. The van der Waals surface area contributed by atoms with E-state index in [-0.39, 0.29) is 48.6 Å². The molecular weight excluding hydrogens is 440 g/mol. The first kappa shape index (κ1) is 25.9. The van der Waals surface area contributed by atoms with E-state index >= 15 is 0 Å². The van der Waals surface area contributed by atoms with E-state index in [1.807, 2.05) is 6.92 Å². The van der Waals surface area contributed by atoms with Gasteiger partial charge in [-0.15, -0.1) is 0 Å². The average Bonchev–Trinajstić information content (AvgIpc) is 3.04. The van der Waals surface area contributed by atoms with Crippen molar-refractivity contribution in [2.75, 3.05) is 19.8 Å². The molecule has 4 aliphatic rings. The van der Waals surface area contributed by atoms with E-state index in [4.69, 9.17) is 14.2 Å². The summed E-state index contributed by atoms with van der Waals surface area (Å²) in [5.41, 5.74) is -1.57. The molecule has 0 aromatic rings. The molecular formula is C26H40O8. The van der Waals surface area contributed by atoms with Gasteiger partial charge in [-0.1, -0.05) is 19.4 Å². The molecule has 0 unspecified atom stereocenters. The lowest BCUT2D eigenvalue weighted by Gasteiger charge is -2.60. The molecule has 0 heterocycles. The van der Waals surface area contributed by atoms with Crippen LogP contribution in [0.1, 0.15) is 72.6 Å². The zero-order chi connectivity index (χ0) is 24.9. The standard InChI is InChI=1S/C26H40O8/c1-5-32-26(31,33-6-2)34-15-21(29)25(30)12-10-19-18-8-7-16-13-17(27)9-11-23(16,3)22(18)20(28)14-24(19,25)4/h13,18-20,22,28,30-31H,5-12,14-15H2,1-4H3/t18-,19-,20-,22+,23-,24-,25-/m0/s1. The van der Waals surface area contributed by atoms with Crippen LogP contribution in [0.15, 0.2) is 11.6 Å². The third-order valence-electron chi connectivity index (χ3n) is 9.55. The molecule has 0 aliphatic heterocycles. The van der Waals surface area contributed by atoms with Gasteiger partial charge >= 0.3 is 6.16 Å². The Kier molecular flexibility index (Phi) is 6.90.